The van der Waals surface area contributed by atoms with Crippen LogP contribution in [0.1, 0.15) is 27.8 Å². The van der Waals surface area contributed by atoms with E-state index >= 15 is 0 Å². The first-order valence-electron chi connectivity index (χ1n) is 10.9. The molecule has 7 heteroatoms. The maximum absolute atomic E-state index is 13.1. The number of aryl methyl sites for hydroxylation is 2. The molecule has 3 rings (SSSR count). The summed E-state index contributed by atoms with van der Waals surface area (Å²) in [4.78, 5) is 12.7. The van der Waals surface area contributed by atoms with Gasteiger partial charge in [-0.3, -0.25) is 4.79 Å². The summed E-state index contributed by atoms with van der Waals surface area (Å²) < 4.78 is 29.6. The summed E-state index contributed by atoms with van der Waals surface area (Å²) >= 11 is 0. The van der Waals surface area contributed by atoms with Crippen molar-refractivity contribution in [2.75, 3.05) is 14.2 Å². The summed E-state index contributed by atoms with van der Waals surface area (Å²) in [5.74, 6) is 1.15. The standard InChI is InChI=1S/C28H27FN2O4/c1-18-11-21(12-19(2)27(18)35-17-20-5-8-24(29)9-6-20)13-23(15-30)28(32)31-16-22-7-10-25(33-3)14-26(22)34-4/h5-14H,16-17H2,1-4H3,(H,31,32)/b23-13+. The molecule has 3 aromatic rings. The van der Waals surface area contributed by atoms with E-state index < -0.39 is 5.91 Å². The molecule has 35 heavy (non-hydrogen) atoms. The minimum absolute atomic E-state index is 0.0174. The summed E-state index contributed by atoms with van der Waals surface area (Å²) in [6.07, 6.45) is 1.55. The Morgan fingerprint density at radius 3 is 2.31 bits per heavy atom. The molecule has 0 bridgehead atoms. The molecule has 1 amide bonds. The zero-order valence-electron chi connectivity index (χ0n) is 20.1. The highest BCUT2D eigenvalue weighted by atomic mass is 19.1. The number of nitriles is 1. The van der Waals surface area contributed by atoms with Gasteiger partial charge >= 0.3 is 0 Å². The van der Waals surface area contributed by atoms with E-state index in [-0.39, 0.29) is 17.9 Å². The van der Waals surface area contributed by atoms with Crippen molar-refractivity contribution in [3.63, 3.8) is 0 Å². The Morgan fingerprint density at radius 1 is 1.03 bits per heavy atom. The lowest BCUT2D eigenvalue weighted by Gasteiger charge is -2.14. The second-order valence-electron chi connectivity index (χ2n) is 7.93. The highest BCUT2D eigenvalue weighted by molar-refractivity contribution is 6.01. The monoisotopic (exact) mass is 474 g/mol. The fraction of sp³-hybridized carbons (Fsp3) is 0.214. The summed E-state index contributed by atoms with van der Waals surface area (Å²) in [5, 5.41) is 12.3. The molecule has 0 aliphatic heterocycles. The number of halogens is 1. The molecule has 0 saturated carbocycles. The molecule has 0 spiro atoms. The first-order chi connectivity index (χ1) is 16.8. The van der Waals surface area contributed by atoms with Gasteiger partial charge < -0.3 is 19.5 Å². The van der Waals surface area contributed by atoms with Crippen molar-refractivity contribution in [1.29, 1.82) is 5.26 Å². The van der Waals surface area contributed by atoms with Gasteiger partial charge in [-0.2, -0.15) is 5.26 Å². The molecule has 0 saturated heterocycles. The number of nitrogens with one attached hydrogen (secondary N) is 1. The molecule has 0 atom stereocenters. The third kappa shape index (κ3) is 6.61. The highest BCUT2D eigenvalue weighted by Gasteiger charge is 2.13. The highest BCUT2D eigenvalue weighted by Crippen LogP contribution is 2.27. The normalized spacial score (nSPS) is 10.9. The largest absolute Gasteiger partial charge is 0.497 e. The van der Waals surface area contributed by atoms with Crippen molar-refractivity contribution in [3.8, 4) is 23.3 Å². The molecule has 3 aromatic carbocycles. The smallest absolute Gasteiger partial charge is 0.262 e. The number of hydrogen-bond donors (Lipinski definition) is 1. The van der Waals surface area contributed by atoms with Gasteiger partial charge in [-0.1, -0.05) is 12.1 Å². The van der Waals surface area contributed by atoms with E-state index in [2.05, 4.69) is 5.32 Å². The summed E-state index contributed by atoms with van der Waals surface area (Å²) in [5.41, 5.74) is 4.02. The molecule has 0 unspecified atom stereocenters. The van der Waals surface area contributed by atoms with E-state index in [0.29, 0.717) is 29.4 Å². The second kappa shape index (κ2) is 11.7. The first-order valence-corrected chi connectivity index (χ1v) is 10.9. The van der Waals surface area contributed by atoms with Crippen LogP contribution >= 0.6 is 0 Å². The number of methoxy groups -OCH3 is 2. The Hall–Kier alpha value is -4.31. The van der Waals surface area contributed by atoms with Crippen LogP contribution in [0.15, 0.2) is 60.2 Å². The molecular formula is C28H27FN2O4. The van der Waals surface area contributed by atoms with Crippen LogP contribution in [0.3, 0.4) is 0 Å². The maximum Gasteiger partial charge on any atom is 0.262 e. The molecule has 0 fully saturated rings. The summed E-state index contributed by atoms with van der Waals surface area (Å²) in [7, 11) is 3.10. The average molecular weight is 475 g/mol. The number of amides is 1. The number of rotatable bonds is 9. The molecule has 0 aliphatic carbocycles. The topological polar surface area (TPSA) is 80.6 Å². The molecule has 0 heterocycles. The van der Waals surface area contributed by atoms with Crippen molar-refractivity contribution in [1.82, 2.24) is 5.32 Å². The van der Waals surface area contributed by atoms with Crippen molar-refractivity contribution in [3.05, 3.63) is 93.8 Å². The van der Waals surface area contributed by atoms with Gasteiger partial charge in [-0.05, 0) is 78.6 Å². The SMILES string of the molecule is COc1ccc(CNC(=O)/C(C#N)=C/c2cc(C)c(OCc3ccc(F)cc3)c(C)c2)c(OC)c1. The van der Waals surface area contributed by atoms with Gasteiger partial charge in [0.15, 0.2) is 0 Å². The van der Waals surface area contributed by atoms with Crippen LogP contribution in [0.2, 0.25) is 0 Å². The zero-order valence-corrected chi connectivity index (χ0v) is 20.1. The minimum Gasteiger partial charge on any atom is -0.497 e. The van der Waals surface area contributed by atoms with Gasteiger partial charge in [0.25, 0.3) is 5.91 Å². The number of nitrogens with zero attached hydrogens (tertiary/aromatic N) is 1. The van der Waals surface area contributed by atoms with Crippen molar-refractivity contribution < 1.29 is 23.4 Å². The number of benzene rings is 3. The predicted octanol–water partition coefficient (Wildman–Crippen LogP) is 5.26. The molecule has 6 nitrogen and oxygen atoms in total. The van der Waals surface area contributed by atoms with Crippen LogP contribution in [0.25, 0.3) is 6.08 Å². The van der Waals surface area contributed by atoms with Gasteiger partial charge in [0, 0.05) is 18.2 Å². The van der Waals surface area contributed by atoms with Crippen molar-refractivity contribution >= 4 is 12.0 Å². The molecular weight excluding hydrogens is 447 g/mol. The van der Waals surface area contributed by atoms with Gasteiger partial charge in [-0.25, -0.2) is 4.39 Å². The van der Waals surface area contributed by atoms with Crippen LogP contribution in [-0.4, -0.2) is 20.1 Å². The fourth-order valence-corrected chi connectivity index (χ4v) is 3.61. The van der Waals surface area contributed by atoms with E-state index in [1.165, 1.54) is 12.1 Å². The van der Waals surface area contributed by atoms with E-state index in [0.717, 1.165) is 22.3 Å². The number of hydrogen-bond acceptors (Lipinski definition) is 5. The lowest BCUT2D eigenvalue weighted by atomic mass is 10.0. The van der Waals surface area contributed by atoms with Gasteiger partial charge in [0.1, 0.15) is 41.3 Å². The second-order valence-corrected chi connectivity index (χ2v) is 7.93. The van der Waals surface area contributed by atoms with Gasteiger partial charge in [-0.15, -0.1) is 0 Å². The summed E-state index contributed by atoms with van der Waals surface area (Å²) in [6.45, 7) is 4.29. The molecule has 0 aliphatic rings. The molecule has 0 radical (unpaired) electrons. The van der Waals surface area contributed by atoms with Crippen LogP contribution in [-0.2, 0) is 17.9 Å². The zero-order chi connectivity index (χ0) is 25.4. The number of carbonyl (C=O) groups excluding carboxylic acids is 1. The molecule has 1 N–H and O–H groups in total. The third-order valence-corrected chi connectivity index (χ3v) is 5.39. The van der Waals surface area contributed by atoms with Gasteiger partial charge in [0.2, 0.25) is 0 Å². The van der Waals surface area contributed by atoms with Crippen LogP contribution in [0, 0.1) is 31.0 Å². The Kier molecular flexibility index (Phi) is 8.47. The summed E-state index contributed by atoms with van der Waals surface area (Å²) in [6, 6.07) is 17.1. The minimum atomic E-state index is -0.489. The molecule has 180 valence electrons. The van der Waals surface area contributed by atoms with E-state index in [4.69, 9.17) is 14.2 Å². The van der Waals surface area contributed by atoms with Crippen molar-refractivity contribution in [2.24, 2.45) is 0 Å². The quantitative estimate of drug-likeness (QED) is 0.338. The Balaban J connectivity index is 1.71. The van der Waals surface area contributed by atoms with Crippen LogP contribution in [0.4, 0.5) is 4.39 Å². The molecule has 0 aromatic heterocycles. The Labute approximate surface area is 204 Å². The van der Waals surface area contributed by atoms with Gasteiger partial charge in [0.05, 0.1) is 14.2 Å². The van der Waals surface area contributed by atoms with Crippen LogP contribution in [0.5, 0.6) is 17.2 Å². The van der Waals surface area contributed by atoms with E-state index in [1.807, 2.05) is 32.0 Å². The number of carbonyl (C=O) groups is 1. The van der Waals surface area contributed by atoms with Crippen LogP contribution < -0.4 is 19.5 Å². The van der Waals surface area contributed by atoms with E-state index in [1.54, 1.807) is 50.6 Å². The van der Waals surface area contributed by atoms with Crippen molar-refractivity contribution in [2.45, 2.75) is 27.0 Å². The maximum atomic E-state index is 13.1. The Morgan fingerprint density at radius 2 is 1.71 bits per heavy atom. The Bertz CT molecular complexity index is 1250. The fourth-order valence-electron chi connectivity index (χ4n) is 3.61. The number of ether oxygens (including phenoxy) is 3. The first kappa shape index (κ1) is 25.3. The lowest BCUT2D eigenvalue weighted by Crippen LogP contribution is -2.24. The third-order valence-electron chi connectivity index (χ3n) is 5.39. The average Bonchev–Trinajstić information content (AvgIpc) is 2.86. The van der Waals surface area contributed by atoms with E-state index in [9.17, 15) is 14.4 Å². The predicted molar refractivity (Wildman–Crippen MR) is 132 cm³/mol. The lowest BCUT2D eigenvalue weighted by molar-refractivity contribution is -0.117.